The number of rotatable bonds is 10. The van der Waals surface area contributed by atoms with Gasteiger partial charge in [-0.05, 0) is 53.4 Å². The molecule has 192 valence electrons. The van der Waals surface area contributed by atoms with Crippen LogP contribution >= 0.6 is 11.6 Å². The Morgan fingerprint density at radius 1 is 1.08 bits per heavy atom. The smallest absolute Gasteiger partial charge is 0.233 e. The SMILES string of the molecule is CC1C(=O)C(c2ccccc2NS(=O)(=O)CCc2ccc(Cl)cc2OCCc2cccc(C#N)c2)C1N. The molecule has 1 saturated carbocycles. The lowest BCUT2D eigenvalue weighted by molar-refractivity contribution is -0.132. The average Bonchev–Trinajstić information content (AvgIpc) is 2.89. The van der Waals surface area contributed by atoms with Gasteiger partial charge in [-0.3, -0.25) is 9.52 Å². The normalized spacial score (nSPS) is 19.1. The molecule has 0 radical (unpaired) electrons. The van der Waals surface area contributed by atoms with Gasteiger partial charge in [-0.15, -0.1) is 0 Å². The standard InChI is InChI=1S/C28H28ClN3O4S/c1-18-27(31)26(28(18)33)23-7-2-3-8-24(23)32-37(34,35)14-12-21-9-10-22(29)16-25(21)36-13-11-19-5-4-6-20(15-19)17-30/h2-10,15-16,18,26-27,32H,11-14,31H2,1H3. The van der Waals surface area contributed by atoms with Gasteiger partial charge in [0.25, 0.3) is 0 Å². The number of nitriles is 1. The second-order valence-electron chi connectivity index (χ2n) is 9.17. The molecule has 3 unspecified atom stereocenters. The number of nitrogens with two attached hydrogens (primary N) is 1. The first-order valence-electron chi connectivity index (χ1n) is 12.0. The van der Waals surface area contributed by atoms with Crippen molar-refractivity contribution in [1.29, 1.82) is 5.26 Å². The van der Waals surface area contributed by atoms with Crippen molar-refractivity contribution >= 4 is 33.1 Å². The average molecular weight is 538 g/mol. The molecule has 0 aromatic heterocycles. The number of hydrogen-bond acceptors (Lipinski definition) is 6. The highest BCUT2D eigenvalue weighted by Gasteiger charge is 2.46. The maximum absolute atomic E-state index is 13.0. The molecule has 1 aliphatic rings. The second kappa shape index (κ2) is 11.3. The molecular formula is C28H28ClN3O4S. The number of halogens is 1. The van der Waals surface area contributed by atoms with Crippen LogP contribution in [0.2, 0.25) is 5.02 Å². The minimum Gasteiger partial charge on any atom is -0.493 e. The highest BCUT2D eigenvalue weighted by Crippen LogP contribution is 2.40. The Morgan fingerprint density at radius 3 is 2.62 bits per heavy atom. The number of sulfonamides is 1. The first-order chi connectivity index (χ1) is 17.7. The predicted molar refractivity (Wildman–Crippen MR) is 144 cm³/mol. The van der Waals surface area contributed by atoms with E-state index in [4.69, 9.17) is 27.3 Å². The molecule has 7 nitrogen and oxygen atoms in total. The van der Waals surface area contributed by atoms with Crippen LogP contribution in [0.3, 0.4) is 0 Å². The van der Waals surface area contributed by atoms with Crippen LogP contribution < -0.4 is 15.2 Å². The fourth-order valence-electron chi connectivity index (χ4n) is 4.46. The minimum absolute atomic E-state index is 0.0152. The Morgan fingerprint density at radius 2 is 1.86 bits per heavy atom. The number of para-hydroxylation sites is 1. The Balaban J connectivity index is 1.42. The number of ketones is 1. The van der Waals surface area contributed by atoms with E-state index in [1.807, 2.05) is 18.2 Å². The third-order valence-corrected chi connectivity index (χ3v) is 8.16. The number of ether oxygens (including phenoxy) is 1. The van der Waals surface area contributed by atoms with Crippen molar-refractivity contribution in [3.63, 3.8) is 0 Å². The molecule has 3 aromatic carbocycles. The summed E-state index contributed by atoms with van der Waals surface area (Å²) in [6.07, 6.45) is 0.783. The predicted octanol–water partition coefficient (Wildman–Crippen LogP) is 4.45. The molecule has 9 heteroatoms. The van der Waals surface area contributed by atoms with E-state index in [1.165, 1.54) is 0 Å². The summed E-state index contributed by atoms with van der Waals surface area (Å²) in [5, 5.41) is 9.55. The first kappa shape index (κ1) is 26.7. The van der Waals surface area contributed by atoms with E-state index in [-0.39, 0.29) is 29.9 Å². The molecule has 3 N–H and O–H groups in total. The number of nitrogens with zero attached hydrogens (tertiary/aromatic N) is 1. The summed E-state index contributed by atoms with van der Waals surface area (Å²) in [5.74, 6) is -0.418. The number of carbonyl (C=O) groups is 1. The summed E-state index contributed by atoms with van der Waals surface area (Å²) in [6, 6.07) is 21.1. The van der Waals surface area contributed by atoms with Crippen molar-refractivity contribution in [2.75, 3.05) is 17.1 Å². The van der Waals surface area contributed by atoms with Crippen molar-refractivity contribution in [2.24, 2.45) is 11.7 Å². The summed E-state index contributed by atoms with van der Waals surface area (Å²) in [7, 11) is -3.74. The van der Waals surface area contributed by atoms with Gasteiger partial charge < -0.3 is 10.5 Å². The van der Waals surface area contributed by atoms with E-state index in [0.717, 1.165) is 5.56 Å². The highest BCUT2D eigenvalue weighted by atomic mass is 35.5. The quantitative estimate of drug-likeness (QED) is 0.394. The molecule has 0 spiro atoms. The van der Waals surface area contributed by atoms with E-state index in [9.17, 15) is 13.2 Å². The fraction of sp³-hybridized carbons (Fsp3) is 0.286. The van der Waals surface area contributed by atoms with Crippen LogP contribution in [-0.2, 0) is 27.7 Å². The monoisotopic (exact) mass is 537 g/mol. The van der Waals surface area contributed by atoms with Gasteiger partial charge in [-0.1, -0.05) is 54.9 Å². The number of anilines is 1. The zero-order valence-corrected chi connectivity index (χ0v) is 21.9. The Kier molecular flexibility index (Phi) is 8.18. The first-order valence-corrected chi connectivity index (χ1v) is 14.0. The molecule has 0 amide bonds. The number of nitrogens with one attached hydrogen (secondary N) is 1. The lowest BCUT2D eigenvalue weighted by Gasteiger charge is -2.39. The number of Topliss-reactive ketones (excluding diaryl/α,β-unsaturated/α-hetero) is 1. The largest absolute Gasteiger partial charge is 0.493 e. The molecule has 1 fully saturated rings. The summed E-state index contributed by atoms with van der Waals surface area (Å²) in [5.41, 5.74) is 9.36. The molecule has 3 atom stereocenters. The van der Waals surface area contributed by atoms with Crippen LogP contribution in [-0.4, -0.2) is 32.6 Å². The molecule has 37 heavy (non-hydrogen) atoms. The molecule has 0 heterocycles. The lowest BCUT2D eigenvalue weighted by Crippen LogP contribution is -2.54. The van der Waals surface area contributed by atoms with Crippen molar-refractivity contribution in [3.05, 3.63) is 94.0 Å². The van der Waals surface area contributed by atoms with Crippen LogP contribution in [0.5, 0.6) is 5.75 Å². The van der Waals surface area contributed by atoms with Gasteiger partial charge in [0, 0.05) is 23.4 Å². The van der Waals surface area contributed by atoms with Gasteiger partial charge in [-0.2, -0.15) is 5.26 Å². The van der Waals surface area contributed by atoms with Gasteiger partial charge in [-0.25, -0.2) is 8.42 Å². The van der Waals surface area contributed by atoms with E-state index in [0.29, 0.717) is 46.2 Å². The van der Waals surface area contributed by atoms with Crippen LogP contribution in [0.4, 0.5) is 5.69 Å². The Labute approximate surface area is 222 Å². The van der Waals surface area contributed by atoms with Crippen LogP contribution in [0, 0.1) is 17.2 Å². The lowest BCUT2D eigenvalue weighted by atomic mass is 9.66. The zero-order valence-electron chi connectivity index (χ0n) is 20.4. The van der Waals surface area contributed by atoms with E-state index >= 15 is 0 Å². The van der Waals surface area contributed by atoms with Crippen LogP contribution in [0.1, 0.15) is 35.1 Å². The molecule has 0 bridgehead atoms. The molecule has 0 aliphatic heterocycles. The Bertz CT molecular complexity index is 1450. The van der Waals surface area contributed by atoms with Crippen LogP contribution in [0.25, 0.3) is 0 Å². The molecule has 4 rings (SSSR count). The summed E-state index contributed by atoms with van der Waals surface area (Å²) >= 11 is 6.17. The Hall–Kier alpha value is -3.38. The fourth-order valence-corrected chi connectivity index (χ4v) is 5.74. The number of carbonyl (C=O) groups excluding carboxylic acids is 1. The highest BCUT2D eigenvalue weighted by molar-refractivity contribution is 7.92. The summed E-state index contributed by atoms with van der Waals surface area (Å²) < 4.78 is 34.6. The molecule has 3 aromatic rings. The van der Waals surface area contributed by atoms with Crippen molar-refractivity contribution < 1.29 is 17.9 Å². The van der Waals surface area contributed by atoms with Gasteiger partial charge in [0.05, 0.1) is 35.6 Å². The molecule has 1 aliphatic carbocycles. The summed E-state index contributed by atoms with van der Waals surface area (Å²) in [4.78, 5) is 12.4. The minimum atomic E-state index is -3.74. The van der Waals surface area contributed by atoms with E-state index in [1.54, 1.807) is 55.5 Å². The van der Waals surface area contributed by atoms with Gasteiger partial charge in [0.15, 0.2) is 0 Å². The number of aryl methyl sites for hydroxylation is 1. The third kappa shape index (κ3) is 6.31. The number of hydrogen-bond donors (Lipinski definition) is 2. The molecular weight excluding hydrogens is 510 g/mol. The maximum atomic E-state index is 13.0. The van der Waals surface area contributed by atoms with Crippen molar-refractivity contribution in [3.8, 4) is 11.8 Å². The topological polar surface area (TPSA) is 122 Å². The van der Waals surface area contributed by atoms with E-state index < -0.39 is 15.9 Å². The molecule has 0 saturated heterocycles. The van der Waals surface area contributed by atoms with Gasteiger partial charge >= 0.3 is 0 Å². The van der Waals surface area contributed by atoms with Crippen molar-refractivity contribution in [2.45, 2.75) is 31.7 Å². The summed E-state index contributed by atoms with van der Waals surface area (Å²) in [6.45, 7) is 2.13. The third-order valence-electron chi connectivity index (χ3n) is 6.65. The van der Waals surface area contributed by atoms with Gasteiger partial charge in [0.2, 0.25) is 10.0 Å². The maximum Gasteiger partial charge on any atom is 0.233 e. The van der Waals surface area contributed by atoms with Gasteiger partial charge in [0.1, 0.15) is 11.5 Å². The second-order valence-corrected chi connectivity index (χ2v) is 11.4. The van der Waals surface area contributed by atoms with Crippen molar-refractivity contribution in [1.82, 2.24) is 0 Å². The van der Waals surface area contributed by atoms with Crippen LogP contribution in [0.15, 0.2) is 66.7 Å². The van der Waals surface area contributed by atoms with E-state index in [2.05, 4.69) is 10.8 Å². The number of benzene rings is 3. The zero-order chi connectivity index (χ0) is 26.6.